The third-order valence-electron chi connectivity index (χ3n) is 3.92. The lowest BCUT2D eigenvalue weighted by molar-refractivity contribution is -0.0450. The fraction of sp³-hybridized carbons (Fsp3) is 0.571. The molecule has 0 aliphatic carbocycles. The third-order valence-corrected chi connectivity index (χ3v) is 5.02. The lowest BCUT2D eigenvalue weighted by atomic mass is 9.84. The quantitative estimate of drug-likeness (QED) is 0.801. The maximum Gasteiger partial charge on any atom is 0.335 e. The molecule has 0 aromatic heterocycles. The Kier molecular flexibility index (Phi) is 4.30. The van der Waals surface area contributed by atoms with E-state index in [1.54, 1.807) is 13.0 Å². The van der Waals surface area contributed by atoms with Crippen LogP contribution < -0.4 is 4.74 Å². The molecule has 0 saturated carbocycles. The molecule has 21 heavy (non-hydrogen) atoms. The van der Waals surface area contributed by atoms with E-state index in [-0.39, 0.29) is 13.1 Å². The molecule has 7 heteroatoms. The monoisotopic (exact) mass is 315 g/mol. The molecule has 0 fully saturated rings. The summed E-state index contributed by atoms with van der Waals surface area (Å²) in [5.41, 5.74) is 1.34. The molecule has 0 saturated heterocycles. The van der Waals surface area contributed by atoms with E-state index >= 15 is 0 Å². The SMILES string of the molecule is CCN(CCc1ccc2c(c1)C(C)(C)C(O)O2)S(=O)(=O)O. The number of aliphatic hydroxyl groups excluding tert-OH is 1. The second-order valence-electron chi connectivity index (χ2n) is 5.74. The topological polar surface area (TPSA) is 87.1 Å². The van der Waals surface area contributed by atoms with Gasteiger partial charge in [-0.15, -0.1) is 0 Å². The van der Waals surface area contributed by atoms with E-state index in [0.717, 1.165) is 15.4 Å². The van der Waals surface area contributed by atoms with E-state index in [0.29, 0.717) is 12.2 Å². The lowest BCUT2D eigenvalue weighted by Gasteiger charge is -2.21. The second-order valence-corrected chi connectivity index (χ2v) is 7.15. The van der Waals surface area contributed by atoms with Gasteiger partial charge in [-0.2, -0.15) is 12.7 Å². The van der Waals surface area contributed by atoms with Crippen LogP contribution in [0.1, 0.15) is 31.9 Å². The summed E-state index contributed by atoms with van der Waals surface area (Å²) in [4.78, 5) is 0. The highest BCUT2D eigenvalue weighted by atomic mass is 32.2. The molecule has 1 heterocycles. The minimum absolute atomic E-state index is 0.206. The average molecular weight is 315 g/mol. The van der Waals surface area contributed by atoms with E-state index < -0.39 is 22.0 Å². The molecule has 1 aliphatic rings. The number of likely N-dealkylation sites (N-methyl/N-ethyl adjacent to an activating group) is 1. The molecule has 1 unspecified atom stereocenters. The number of benzene rings is 1. The molecular weight excluding hydrogens is 294 g/mol. The van der Waals surface area contributed by atoms with Crippen molar-refractivity contribution in [1.29, 1.82) is 0 Å². The van der Waals surface area contributed by atoms with Gasteiger partial charge in [-0.3, -0.25) is 4.55 Å². The van der Waals surface area contributed by atoms with Crippen LogP contribution >= 0.6 is 0 Å². The summed E-state index contributed by atoms with van der Waals surface area (Å²) in [6.07, 6.45) is -0.402. The van der Waals surface area contributed by atoms with Gasteiger partial charge in [0.15, 0.2) is 0 Å². The Morgan fingerprint density at radius 1 is 1.38 bits per heavy atom. The highest BCUT2D eigenvalue weighted by Gasteiger charge is 2.40. The van der Waals surface area contributed by atoms with Gasteiger partial charge in [0.25, 0.3) is 0 Å². The van der Waals surface area contributed by atoms with Crippen molar-refractivity contribution in [2.45, 2.75) is 38.9 Å². The van der Waals surface area contributed by atoms with Crippen molar-refractivity contribution in [2.75, 3.05) is 13.1 Å². The van der Waals surface area contributed by atoms with Crippen molar-refractivity contribution in [1.82, 2.24) is 4.31 Å². The van der Waals surface area contributed by atoms with Crippen LogP contribution in [-0.2, 0) is 22.1 Å². The van der Waals surface area contributed by atoms with Crippen LogP contribution in [0.15, 0.2) is 18.2 Å². The normalized spacial score (nSPS) is 20.4. The van der Waals surface area contributed by atoms with Gasteiger partial charge in [-0.1, -0.05) is 19.1 Å². The summed E-state index contributed by atoms with van der Waals surface area (Å²) < 4.78 is 37.8. The van der Waals surface area contributed by atoms with Crippen molar-refractivity contribution in [2.24, 2.45) is 0 Å². The number of hydrogen-bond donors (Lipinski definition) is 2. The Hall–Kier alpha value is -1.15. The van der Waals surface area contributed by atoms with Crippen molar-refractivity contribution in [3.05, 3.63) is 29.3 Å². The fourth-order valence-corrected chi connectivity index (χ4v) is 3.08. The minimum atomic E-state index is -4.16. The Morgan fingerprint density at radius 3 is 2.62 bits per heavy atom. The maximum atomic E-state index is 11.1. The molecule has 0 bridgehead atoms. The van der Waals surface area contributed by atoms with Crippen molar-refractivity contribution < 1.29 is 22.8 Å². The molecule has 1 aliphatic heterocycles. The van der Waals surface area contributed by atoms with Gasteiger partial charge in [0, 0.05) is 18.7 Å². The molecule has 1 aromatic carbocycles. The molecule has 6 nitrogen and oxygen atoms in total. The van der Waals surface area contributed by atoms with Gasteiger partial charge in [0.2, 0.25) is 6.29 Å². The van der Waals surface area contributed by atoms with Crippen LogP contribution in [0, 0.1) is 0 Å². The summed E-state index contributed by atoms with van der Waals surface area (Å²) in [6.45, 7) is 5.88. The number of fused-ring (bicyclic) bond motifs is 1. The lowest BCUT2D eigenvalue weighted by Crippen LogP contribution is -2.32. The minimum Gasteiger partial charge on any atom is -0.464 e. The average Bonchev–Trinajstić information content (AvgIpc) is 2.60. The predicted molar refractivity (Wildman–Crippen MR) is 78.6 cm³/mol. The molecule has 0 radical (unpaired) electrons. The van der Waals surface area contributed by atoms with Gasteiger partial charge in [-0.25, -0.2) is 0 Å². The Morgan fingerprint density at radius 2 is 2.05 bits per heavy atom. The first kappa shape index (κ1) is 16.2. The molecule has 118 valence electrons. The zero-order valence-electron chi connectivity index (χ0n) is 12.4. The second kappa shape index (κ2) is 5.57. The van der Waals surface area contributed by atoms with E-state index in [1.807, 2.05) is 26.0 Å². The molecule has 1 aromatic rings. The fourth-order valence-electron chi connectivity index (χ4n) is 2.43. The van der Waals surface area contributed by atoms with E-state index in [4.69, 9.17) is 9.29 Å². The molecule has 1 atom stereocenters. The summed E-state index contributed by atoms with van der Waals surface area (Å²) in [5, 5.41) is 9.89. The maximum absolute atomic E-state index is 11.1. The number of hydrogen-bond acceptors (Lipinski definition) is 4. The molecule has 0 amide bonds. The van der Waals surface area contributed by atoms with Crippen LogP contribution in [-0.4, -0.2) is 41.8 Å². The predicted octanol–water partition coefficient (Wildman–Crippen LogP) is 1.34. The number of ether oxygens (including phenoxy) is 1. The van der Waals surface area contributed by atoms with Crippen LogP contribution in [0.2, 0.25) is 0 Å². The van der Waals surface area contributed by atoms with Gasteiger partial charge in [0.1, 0.15) is 5.75 Å². The van der Waals surface area contributed by atoms with Crippen LogP contribution in [0.3, 0.4) is 0 Å². The largest absolute Gasteiger partial charge is 0.464 e. The van der Waals surface area contributed by atoms with Crippen molar-refractivity contribution in [3.63, 3.8) is 0 Å². The Labute approximate surface area is 125 Å². The van der Waals surface area contributed by atoms with Crippen LogP contribution in [0.5, 0.6) is 5.75 Å². The summed E-state index contributed by atoms with van der Waals surface area (Å²) in [6, 6.07) is 5.54. The zero-order valence-corrected chi connectivity index (χ0v) is 13.2. The third kappa shape index (κ3) is 3.21. The van der Waals surface area contributed by atoms with Gasteiger partial charge in [-0.05, 0) is 31.9 Å². The van der Waals surface area contributed by atoms with E-state index in [1.165, 1.54) is 0 Å². The molecule has 2 rings (SSSR count). The first-order chi connectivity index (χ1) is 9.66. The summed E-state index contributed by atoms with van der Waals surface area (Å²) >= 11 is 0. The Bertz CT molecular complexity index is 626. The smallest absolute Gasteiger partial charge is 0.335 e. The van der Waals surface area contributed by atoms with Gasteiger partial charge < -0.3 is 9.84 Å². The number of nitrogens with zero attached hydrogens (tertiary/aromatic N) is 1. The van der Waals surface area contributed by atoms with Gasteiger partial charge in [0.05, 0.1) is 5.41 Å². The van der Waals surface area contributed by atoms with Crippen LogP contribution in [0.4, 0.5) is 0 Å². The molecular formula is C14H21NO5S. The first-order valence-corrected chi connectivity index (χ1v) is 8.26. The van der Waals surface area contributed by atoms with E-state index in [2.05, 4.69) is 0 Å². The number of rotatable bonds is 5. The highest BCUT2D eigenvalue weighted by molar-refractivity contribution is 7.83. The molecule has 0 spiro atoms. The standard InChI is InChI=1S/C14H21NO5S/c1-4-15(21(17,18)19)8-7-10-5-6-12-11(9-10)14(2,3)13(16)20-12/h5-6,9,13,16H,4,7-8H2,1-3H3,(H,17,18,19). The summed E-state index contributed by atoms with van der Waals surface area (Å²) in [7, 11) is -4.16. The Balaban J connectivity index is 2.16. The highest BCUT2D eigenvalue weighted by Crippen LogP contribution is 2.42. The van der Waals surface area contributed by atoms with Gasteiger partial charge >= 0.3 is 10.3 Å². The van der Waals surface area contributed by atoms with E-state index in [9.17, 15) is 13.5 Å². The molecule has 2 N–H and O–H groups in total. The van der Waals surface area contributed by atoms with Crippen molar-refractivity contribution in [3.8, 4) is 5.75 Å². The first-order valence-electron chi connectivity index (χ1n) is 6.87. The summed E-state index contributed by atoms with van der Waals surface area (Å²) in [5.74, 6) is 0.651. The van der Waals surface area contributed by atoms with Crippen LogP contribution in [0.25, 0.3) is 0 Å². The zero-order chi connectivity index (χ0) is 15.8. The number of aliphatic hydroxyl groups is 1. The van der Waals surface area contributed by atoms with Crippen molar-refractivity contribution >= 4 is 10.3 Å².